The Kier molecular flexibility index (Phi) is 5.35. The molecule has 0 unspecified atom stereocenters. The van der Waals surface area contributed by atoms with Crippen molar-refractivity contribution in [1.29, 1.82) is 0 Å². The summed E-state index contributed by atoms with van der Waals surface area (Å²) in [5.74, 6) is 0.347. The van der Waals surface area contributed by atoms with Crippen molar-refractivity contribution in [3.8, 4) is 5.75 Å². The van der Waals surface area contributed by atoms with Crippen molar-refractivity contribution in [1.82, 2.24) is 4.72 Å². The Hall–Kier alpha value is -1.85. The maximum Gasteiger partial charge on any atom is 0.244 e. The van der Waals surface area contributed by atoms with E-state index in [2.05, 4.69) is 4.72 Å². The van der Waals surface area contributed by atoms with E-state index in [-0.39, 0.29) is 16.9 Å². The smallest absolute Gasteiger partial charge is 0.244 e. The molecule has 0 spiro atoms. The van der Waals surface area contributed by atoms with Crippen molar-refractivity contribution in [2.75, 3.05) is 7.11 Å². The summed E-state index contributed by atoms with van der Waals surface area (Å²) in [6.45, 7) is 8.38. The molecule has 24 heavy (non-hydrogen) atoms. The quantitative estimate of drug-likeness (QED) is 0.895. The number of ether oxygens (including phenoxy) is 1. The molecular formula is C19H25NO3S. The van der Waals surface area contributed by atoms with E-state index in [1.807, 2.05) is 58.0 Å². The van der Waals surface area contributed by atoms with Crippen LogP contribution in [-0.2, 0) is 22.0 Å². The molecule has 0 aromatic heterocycles. The van der Waals surface area contributed by atoms with E-state index in [4.69, 9.17) is 4.74 Å². The van der Waals surface area contributed by atoms with E-state index >= 15 is 0 Å². The zero-order chi connectivity index (χ0) is 18.0. The fourth-order valence-corrected chi connectivity index (χ4v) is 3.53. The van der Waals surface area contributed by atoms with Gasteiger partial charge in [-0.15, -0.1) is 0 Å². The highest BCUT2D eigenvalue weighted by Crippen LogP contribution is 2.30. The minimum Gasteiger partial charge on any atom is -0.495 e. The standard InChI is InChI=1S/C19H25NO3S/c1-14-6-8-15(9-7-14)13-20-24(21,22)18-12-16(19(2,3)4)10-11-17(18)23-5/h6-12,20H,13H2,1-5H3. The molecule has 0 heterocycles. The lowest BCUT2D eigenvalue weighted by molar-refractivity contribution is 0.401. The Morgan fingerprint density at radius 1 is 1.04 bits per heavy atom. The first-order valence-corrected chi connectivity index (χ1v) is 9.35. The molecule has 0 saturated heterocycles. The van der Waals surface area contributed by atoms with E-state index in [1.165, 1.54) is 7.11 Å². The number of rotatable bonds is 5. The maximum atomic E-state index is 12.7. The molecule has 2 rings (SSSR count). The molecule has 0 radical (unpaired) electrons. The molecule has 0 atom stereocenters. The van der Waals surface area contributed by atoms with Crippen molar-refractivity contribution in [3.63, 3.8) is 0 Å². The van der Waals surface area contributed by atoms with Crippen LogP contribution in [0.1, 0.15) is 37.5 Å². The van der Waals surface area contributed by atoms with Crippen LogP contribution in [0.25, 0.3) is 0 Å². The number of sulfonamides is 1. The summed E-state index contributed by atoms with van der Waals surface area (Å²) in [4.78, 5) is 0.171. The van der Waals surface area contributed by atoms with Gasteiger partial charge in [0, 0.05) is 6.54 Å². The molecule has 0 aliphatic carbocycles. The summed E-state index contributed by atoms with van der Waals surface area (Å²) in [6, 6.07) is 13.1. The summed E-state index contributed by atoms with van der Waals surface area (Å²) >= 11 is 0. The van der Waals surface area contributed by atoms with Crippen LogP contribution in [0.2, 0.25) is 0 Å². The largest absolute Gasteiger partial charge is 0.495 e. The maximum absolute atomic E-state index is 12.7. The molecule has 0 aliphatic heterocycles. The average molecular weight is 347 g/mol. The van der Waals surface area contributed by atoms with Gasteiger partial charge in [-0.1, -0.05) is 56.7 Å². The average Bonchev–Trinajstić information content (AvgIpc) is 2.53. The lowest BCUT2D eigenvalue weighted by Gasteiger charge is -2.21. The molecule has 2 aromatic rings. The SMILES string of the molecule is COc1ccc(C(C)(C)C)cc1S(=O)(=O)NCc1ccc(C)cc1. The Labute approximate surface area is 144 Å². The van der Waals surface area contributed by atoms with Gasteiger partial charge in [-0.2, -0.15) is 0 Å². The summed E-state index contributed by atoms with van der Waals surface area (Å²) in [6.07, 6.45) is 0. The lowest BCUT2D eigenvalue weighted by atomic mass is 9.87. The molecular weight excluding hydrogens is 322 g/mol. The second kappa shape index (κ2) is 6.95. The number of aryl methyl sites for hydroxylation is 1. The molecule has 5 heteroatoms. The van der Waals surface area contributed by atoms with Gasteiger partial charge in [0.15, 0.2) is 0 Å². The fraction of sp³-hybridized carbons (Fsp3) is 0.368. The minimum absolute atomic E-state index is 0.145. The Morgan fingerprint density at radius 2 is 1.67 bits per heavy atom. The molecule has 0 aliphatic rings. The Bertz CT molecular complexity index is 803. The molecule has 2 aromatic carbocycles. The van der Waals surface area contributed by atoms with E-state index in [9.17, 15) is 8.42 Å². The van der Waals surface area contributed by atoms with Crippen LogP contribution in [0.4, 0.5) is 0 Å². The molecule has 1 N–H and O–H groups in total. The van der Waals surface area contributed by atoms with Crippen molar-refractivity contribution in [2.24, 2.45) is 0 Å². The second-order valence-corrected chi connectivity index (χ2v) is 8.66. The molecule has 0 fully saturated rings. The van der Waals surface area contributed by atoms with Gasteiger partial charge < -0.3 is 4.74 Å². The first kappa shape index (κ1) is 18.5. The minimum atomic E-state index is -3.67. The molecule has 4 nitrogen and oxygen atoms in total. The third kappa shape index (κ3) is 4.36. The van der Waals surface area contributed by atoms with Crippen molar-refractivity contribution >= 4 is 10.0 Å². The summed E-state index contributed by atoms with van der Waals surface area (Å²) in [5.41, 5.74) is 2.85. The highest BCUT2D eigenvalue weighted by Gasteiger charge is 2.23. The first-order valence-electron chi connectivity index (χ1n) is 7.87. The van der Waals surface area contributed by atoms with Crippen LogP contribution in [0.3, 0.4) is 0 Å². The van der Waals surface area contributed by atoms with Crippen molar-refractivity contribution < 1.29 is 13.2 Å². The van der Waals surface area contributed by atoms with Crippen molar-refractivity contribution in [3.05, 3.63) is 59.2 Å². The number of methoxy groups -OCH3 is 1. The van der Waals surface area contributed by atoms with Gasteiger partial charge >= 0.3 is 0 Å². The zero-order valence-electron chi connectivity index (χ0n) is 14.9. The third-order valence-electron chi connectivity index (χ3n) is 3.91. The lowest BCUT2D eigenvalue weighted by Crippen LogP contribution is -2.24. The third-order valence-corrected chi connectivity index (χ3v) is 5.33. The summed E-state index contributed by atoms with van der Waals surface area (Å²) in [5, 5.41) is 0. The number of hydrogen-bond acceptors (Lipinski definition) is 3. The van der Waals surface area contributed by atoms with Gasteiger partial charge in [-0.3, -0.25) is 0 Å². The molecule has 130 valence electrons. The van der Waals surface area contributed by atoms with E-state index < -0.39 is 10.0 Å². The molecule has 0 saturated carbocycles. The predicted octanol–water partition coefficient (Wildman–Crippen LogP) is 3.78. The van der Waals surface area contributed by atoms with Crippen LogP contribution in [0.15, 0.2) is 47.4 Å². The fourth-order valence-electron chi connectivity index (χ4n) is 2.32. The van der Waals surface area contributed by atoms with E-state index in [0.29, 0.717) is 5.75 Å². The van der Waals surface area contributed by atoms with Crippen molar-refractivity contribution in [2.45, 2.75) is 44.6 Å². The number of hydrogen-bond donors (Lipinski definition) is 1. The molecule has 0 bridgehead atoms. The summed E-state index contributed by atoms with van der Waals surface area (Å²) in [7, 11) is -2.19. The predicted molar refractivity (Wildman–Crippen MR) is 96.9 cm³/mol. The van der Waals surface area contributed by atoms with Gasteiger partial charge in [0.25, 0.3) is 0 Å². The van der Waals surface area contributed by atoms with Gasteiger partial charge in [0.2, 0.25) is 10.0 Å². The van der Waals surface area contributed by atoms with Gasteiger partial charge in [0.05, 0.1) is 7.11 Å². The van der Waals surface area contributed by atoms with E-state index in [0.717, 1.165) is 16.7 Å². The Balaban J connectivity index is 2.31. The van der Waals surface area contributed by atoms with Gasteiger partial charge in [0.1, 0.15) is 10.6 Å². The van der Waals surface area contributed by atoms with Crippen LogP contribution in [0.5, 0.6) is 5.75 Å². The van der Waals surface area contributed by atoms with Crippen LogP contribution in [-0.4, -0.2) is 15.5 Å². The van der Waals surface area contributed by atoms with Crippen LogP contribution < -0.4 is 9.46 Å². The zero-order valence-corrected chi connectivity index (χ0v) is 15.7. The first-order chi connectivity index (χ1) is 11.1. The Morgan fingerprint density at radius 3 is 2.21 bits per heavy atom. The van der Waals surface area contributed by atoms with Gasteiger partial charge in [-0.05, 0) is 35.6 Å². The second-order valence-electron chi connectivity index (χ2n) is 6.93. The summed E-state index contributed by atoms with van der Waals surface area (Å²) < 4.78 is 33.4. The molecule has 0 amide bonds. The number of nitrogens with one attached hydrogen (secondary N) is 1. The number of benzene rings is 2. The van der Waals surface area contributed by atoms with E-state index in [1.54, 1.807) is 12.1 Å². The van der Waals surface area contributed by atoms with Gasteiger partial charge in [-0.25, -0.2) is 13.1 Å². The topological polar surface area (TPSA) is 55.4 Å². The monoisotopic (exact) mass is 347 g/mol. The van der Waals surface area contributed by atoms with Crippen LogP contribution in [0, 0.1) is 6.92 Å². The highest BCUT2D eigenvalue weighted by molar-refractivity contribution is 7.89. The highest BCUT2D eigenvalue weighted by atomic mass is 32.2. The normalized spacial score (nSPS) is 12.2. The van der Waals surface area contributed by atoms with Crippen LogP contribution >= 0.6 is 0 Å².